The molecule has 1 N–H and O–H groups in total. The Kier molecular flexibility index (Phi) is 4.93. The van der Waals surface area contributed by atoms with Crippen LogP contribution in [0.2, 0.25) is 0 Å². The number of nitrogens with one attached hydrogen (secondary N) is 1. The summed E-state index contributed by atoms with van der Waals surface area (Å²) in [6.45, 7) is 0.572. The summed E-state index contributed by atoms with van der Waals surface area (Å²) in [5.41, 5.74) is 3.63. The van der Waals surface area contributed by atoms with Crippen LogP contribution >= 0.6 is 0 Å². The molecule has 1 aliphatic carbocycles. The second-order valence-corrected chi connectivity index (χ2v) is 6.48. The zero-order chi connectivity index (χ0) is 17.8. The maximum Gasteiger partial charge on any atom is 0.259 e. The van der Waals surface area contributed by atoms with E-state index in [0.29, 0.717) is 30.8 Å². The quantitative estimate of drug-likeness (QED) is 0.729. The summed E-state index contributed by atoms with van der Waals surface area (Å²) in [5.74, 6) is 1.98. The molecule has 0 spiro atoms. The van der Waals surface area contributed by atoms with Gasteiger partial charge in [0.1, 0.15) is 5.82 Å². The fourth-order valence-corrected chi connectivity index (χ4v) is 3.35. The number of hydrogen-bond acceptors (Lipinski definition) is 6. The lowest BCUT2D eigenvalue weighted by molar-refractivity contribution is 0.199. The van der Waals surface area contributed by atoms with Crippen LogP contribution in [0.4, 0.5) is 5.82 Å². The first-order valence-corrected chi connectivity index (χ1v) is 8.96. The Morgan fingerprint density at radius 1 is 1.23 bits per heavy atom. The summed E-state index contributed by atoms with van der Waals surface area (Å²) in [6.07, 6.45) is 5.87. The van der Waals surface area contributed by atoms with E-state index in [2.05, 4.69) is 44.7 Å². The summed E-state index contributed by atoms with van der Waals surface area (Å²) in [6, 6.07) is 12.9. The second kappa shape index (κ2) is 7.66. The minimum atomic E-state index is 0.308. The molecule has 0 aliphatic heterocycles. The Morgan fingerprint density at radius 3 is 3.00 bits per heavy atom. The monoisotopic (exact) mass is 350 g/mol. The van der Waals surface area contributed by atoms with E-state index in [1.165, 1.54) is 17.5 Å². The highest BCUT2D eigenvalue weighted by Crippen LogP contribution is 2.32. The maximum absolute atomic E-state index is 5.31. The van der Waals surface area contributed by atoms with Gasteiger partial charge in [0.2, 0.25) is 0 Å². The first kappa shape index (κ1) is 16.7. The van der Waals surface area contributed by atoms with Crippen molar-refractivity contribution in [2.24, 2.45) is 0 Å². The van der Waals surface area contributed by atoms with E-state index in [-0.39, 0.29) is 0 Å². The average Bonchev–Trinajstić information content (AvgIpc) is 3.16. The zero-order valence-corrected chi connectivity index (χ0v) is 14.8. The normalized spacial score (nSPS) is 16.3. The van der Waals surface area contributed by atoms with Crippen molar-refractivity contribution in [3.63, 3.8) is 0 Å². The molecule has 0 saturated carbocycles. The van der Waals surface area contributed by atoms with Gasteiger partial charge in [-0.05, 0) is 42.5 Å². The molecular weight excluding hydrogens is 328 g/mol. The van der Waals surface area contributed by atoms with Crippen LogP contribution in [-0.2, 0) is 17.6 Å². The summed E-state index contributed by atoms with van der Waals surface area (Å²) < 4.78 is 10.3. The summed E-state index contributed by atoms with van der Waals surface area (Å²) in [7, 11) is 1.65. The Labute approximate surface area is 152 Å². The Hall–Kier alpha value is -2.73. The van der Waals surface area contributed by atoms with Gasteiger partial charge in [0.05, 0.1) is 18.2 Å². The molecule has 26 heavy (non-hydrogen) atoms. The van der Waals surface area contributed by atoms with E-state index in [0.717, 1.165) is 24.2 Å². The van der Waals surface area contributed by atoms with Crippen molar-refractivity contribution in [2.45, 2.75) is 31.7 Å². The van der Waals surface area contributed by atoms with Crippen LogP contribution in [0, 0.1) is 0 Å². The van der Waals surface area contributed by atoms with Gasteiger partial charge < -0.3 is 14.6 Å². The van der Waals surface area contributed by atoms with Crippen LogP contribution in [-0.4, -0.2) is 28.8 Å². The van der Waals surface area contributed by atoms with Gasteiger partial charge in [-0.25, -0.2) is 4.98 Å². The number of anilines is 1. The SMILES string of the molecule is COCCc1noc(-c2ccc(NC3CCCc4ccccc43)nc2)n1. The highest BCUT2D eigenvalue weighted by molar-refractivity contribution is 5.54. The maximum atomic E-state index is 5.31. The van der Waals surface area contributed by atoms with Gasteiger partial charge in [-0.15, -0.1) is 0 Å². The van der Waals surface area contributed by atoms with Crippen LogP contribution in [0.5, 0.6) is 0 Å². The van der Waals surface area contributed by atoms with Gasteiger partial charge in [0.25, 0.3) is 5.89 Å². The first-order chi connectivity index (χ1) is 12.8. The number of nitrogens with zero attached hydrogens (tertiary/aromatic N) is 3. The van der Waals surface area contributed by atoms with Crippen molar-refractivity contribution in [2.75, 3.05) is 19.0 Å². The van der Waals surface area contributed by atoms with Gasteiger partial charge in [-0.3, -0.25) is 0 Å². The summed E-state index contributed by atoms with van der Waals surface area (Å²) in [5, 5.41) is 7.52. The van der Waals surface area contributed by atoms with Crippen LogP contribution in [0.1, 0.15) is 35.8 Å². The molecule has 134 valence electrons. The molecular formula is C20H22N4O2. The minimum Gasteiger partial charge on any atom is -0.384 e. The molecule has 1 aliphatic rings. The van der Waals surface area contributed by atoms with Gasteiger partial charge in [-0.2, -0.15) is 4.98 Å². The standard InChI is InChI=1S/C20H22N4O2/c1-25-12-11-19-23-20(26-24-19)15-9-10-18(21-13-15)22-17-8-4-6-14-5-2-3-7-16(14)17/h2-3,5,7,9-10,13,17H,4,6,8,11-12H2,1H3,(H,21,22). The predicted octanol–water partition coefficient (Wildman–Crippen LogP) is 3.81. The molecule has 4 rings (SSSR count). The molecule has 2 heterocycles. The lowest BCUT2D eigenvalue weighted by atomic mass is 9.88. The van der Waals surface area contributed by atoms with E-state index in [1.54, 1.807) is 13.3 Å². The number of pyridine rings is 1. The molecule has 1 atom stereocenters. The third kappa shape index (κ3) is 3.60. The molecule has 2 aromatic heterocycles. The summed E-state index contributed by atoms with van der Waals surface area (Å²) >= 11 is 0. The van der Waals surface area contributed by atoms with Crippen LogP contribution in [0.3, 0.4) is 0 Å². The largest absolute Gasteiger partial charge is 0.384 e. The Balaban J connectivity index is 1.46. The van der Waals surface area contributed by atoms with Crippen LogP contribution < -0.4 is 5.32 Å². The van der Waals surface area contributed by atoms with E-state index < -0.39 is 0 Å². The number of aromatic nitrogens is 3. The third-order valence-corrected chi connectivity index (χ3v) is 4.70. The minimum absolute atomic E-state index is 0.308. The van der Waals surface area contributed by atoms with Gasteiger partial charge in [-0.1, -0.05) is 29.4 Å². The molecule has 0 saturated heterocycles. The number of hydrogen-bond donors (Lipinski definition) is 1. The second-order valence-electron chi connectivity index (χ2n) is 6.48. The number of aryl methyl sites for hydroxylation is 1. The molecule has 0 radical (unpaired) electrons. The van der Waals surface area contributed by atoms with Gasteiger partial charge >= 0.3 is 0 Å². The Morgan fingerprint density at radius 2 is 2.15 bits per heavy atom. The van der Waals surface area contributed by atoms with Crippen molar-refractivity contribution in [3.05, 3.63) is 59.5 Å². The molecule has 0 bridgehead atoms. The molecule has 6 nitrogen and oxygen atoms in total. The number of fused-ring (bicyclic) bond motifs is 1. The van der Waals surface area contributed by atoms with Crippen LogP contribution in [0.25, 0.3) is 11.5 Å². The smallest absolute Gasteiger partial charge is 0.259 e. The zero-order valence-electron chi connectivity index (χ0n) is 14.8. The van der Waals surface area contributed by atoms with Crippen molar-refractivity contribution in [1.82, 2.24) is 15.1 Å². The summed E-state index contributed by atoms with van der Waals surface area (Å²) in [4.78, 5) is 8.90. The molecule has 3 aromatic rings. The van der Waals surface area contributed by atoms with Crippen molar-refractivity contribution < 1.29 is 9.26 Å². The Bertz CT molecular complexity index is 860. The molecule has 1 unspecified atom stereocenters. The first-order valence-electron chi connectivity index (χ1n) is 8.96. The van der Waals surface area contributed by atoms with E-state index >= 15 is 0 Å². The van der Waals surface area contributed by atoms with E-state index in [4.69, 9.17) is 9.26 Å². The fraction of sp³-hybridized carbons (Fsp3) is 0.350. The highest BCUT2D eigenvalue weighted by Gasteiger charge is 2.20. The number of benzene rings is 1. The topological polar surface area (TPSA) is 73.1 Å². The molecule has 0 amide bonds. The lowest BCUT2D eigenvalue weighted by Crippen LogP contribution is -2.17. The number of rotatable bonds is 6. The van der Waals surface area contributed by atoms with Gasteiger partial charge in [0.15, 0.2) is 5.82 Å². The van der Waals surface area contributed by atoms with Gasteiger partial charge in [0, 0.05) is 19.7 Å². The average molecular weight is 350 g/mol. The molecule has 0 fully saturated rings. The third-order valence-electron chi connectivity index (χ3n) is 4.70. The van der Waals surface area contributed by atoms with Crippen molar-refractivity contribution in [1.29, 1.82) is 0 Å². The van der Waals surface area contributed by atoms with Crippen molar-refractivity contribution in [3.8, 4) is 11.5 Å². The number of methoxy groups -OCH3 is 1. The highest BCUT2D eigenvalue weighted by atomic mass is 16.5. The lowest BCUT2D eigenvalue weighted by Gasteiger charge is -2.26. The van der Waals surface area contributed by atoms with Crippen LogP contribution in [0.15, 0.2) is 47.1 Å². The molecule has 1 aromatic carbocycles. The molecule has 6 heteroatoms. The predicted molar refractivity (Wildman–Crippen MR) is 98.9 cm³/mol. The van der Waals surface area contributed by atoms with E-state index in [1.807, 2.05) is 12.1 Å². The number of ether oxygens (including phenoxy) is 1. The van der Waals surface area contributed by atoms with E-state index in [9.17, 15) is 0 Å². The van der Waals surface area contributed by atoms with Crippen molar-refractivity contribution >= 4 is 5.82 Å². The fourth-order valence-electron chi connectivity index (χ4n) is 3.35.